The van der Waals surface area contributed by atoms with Crippen LogP contribution in [-0.4, -0.2) is 25.3 Å². The van der Waals surface area contributed by atoms with Crippen molar-refractivity contribution in [2.24, 2.45) is 0 Å². The molecule has 3 nitrogen and oxygen atoms in total. The first-order valence-electron chi connectivity index (χ1n) is 6.17. The predicted octanol–water partition coefficient (Wildman–Crippen LogP) is 2.39. The van der Waals surface area contributed by atoms with E-state index >= 15 is 0 Å². The second kappa shape index (κ2) is 5.19. The van der Waals surface area contributed by atoms with Gasteiger partial charge in [-0.15, -0.1) is 0 Å². The molecule has 0 aromatic heterocycles. The van der Waals surface area contributed by atoms with Gasteiger partial charge in [-0.1, -0.05) is 37.3 Å². The third kappa shape index (κ3) is 2.87. The van der Waals surface area contributed by atoms with Crippen molar-refractivity contribution in [3.8, 4) is 0 Å². The zero-order chi connectivity index (χ0) is 12.3. The van der Waals surface area contributed by atoms with Gasteiger partial charge in [-0.3, -0.25) is 0 Å². The Morgan fingerprint density at radius 2 is 2.00 bits per heavy atom. The molecule has 1 atom stereocenters. The first-order valence-corrected chi connectivity index (χ1v) is 7.78. The average molecular weight is 253 g/mol. The molecule has 1 heterocycles. The van der Waals surface area contributed by atoms with Crippen LogP contribution in [0.4, 0.5) is 0 Å². The van der Waals surface area contributed by atoms with Crippen LogP contribution < -0.4 is 0 Å². The third-order valence-corrected chi connectivity index (χ3v) is 5.24. The van der Waals surface area contributed by atoms with Crippen LogP contribution in [0.1, 0.15) is 31.7 Å². The van der Waals surface area contributed by atoms with E-state index < -0.39 is 10.0 Å². The lowest BCUT2D eigenvalue weighted by Gasteiger charge is -2.22. The first kappa shape index (κ1) is 12.6. The standard InChI is InChI=1S/C13H19NO2S/c1-2-13-9-6-10-14(13)17(15,16)11-12-7-4-3-5-8-12/h3-5,7-8,13H,2,6,9-11H2,1H3. The van der Waals surface area contributed by atoms with Crippen molar-refractivity contribution in [1.29, 1.82) is 0 Å². The monoisotopic (exact) mass is 253 g/mol. The summed E-state index contributed by atoms with van der Waals surface area (Å²) in [4.78, 5) is 0. The number of rotatable bonds is 4. The summed E-state index contributed by atoms with van der Waals surface area (Å²) in [6.07, 6.45) is 2.91. The SMILES string of the molecule is CCC1CCCN1S(=O)(=O)Cc1ccccc1. The minimum atomic E-state index is -3.14. The molecule has 0 amide bonds. The molecule has 1 saturated heterocycles. The zero-order valence-electron chi connectivity index (χ0n) is 10.2. The Morgan fingerprint density at radius 1 is 1.29 bits per heavy atom. The van der Waals surface area contributed by atoms with Gasteiger partial charge in [0.25, 0.3) is 0 Å². The number of benzene rings is 1. The normalized spacial score (nSPS) is 21.8. The molecule has 1 aliphatic heterocycles. The van der Waals surface area contributed by atoms with Gasteiger partial charge < -0.3 is 0 Å². The largest absolute Gasteiger partial charge is 0.218 e. The van der Waals surface area contributed by atoms with E-state index in [1.807, 2.05) is 30.3 Å². The summed E-state index contributed by atoms with van der Waals surface area (Å²) in [5, 5.41) is 0. The minimum absolute atomic E-state index is 0.129. The molecule has 17 heavy (non-hydrogen) atoms. The van der Waals surface area contributed by atoms with Gasteiger partial charge in [-0.2, -0.15) is 4.31 Å². The molecule has 0 aliphatic carbocycles. The number of nitrogens with zero attached hydrogens (tertiary/aromatic N) is 1. The van der Waals surface area contributed by atoms with Gasteiger partial charge >= 0.3 is 0 Å². The summed E-state index contributed by atoms with van der Waals surface area (Å²) < 4.78 is 26.3. The van der Waals surface area contributed by atoms with Gasteiger partial charge in [0, 0.05) is 12.6 Å². The van der Waals surface area contributed by atoms with Gasteiger partial charge in [-0.25, -0.2) is 8.42 Å². The maximum atomic E-state index is 12.3. The molecular formula is C13H19NO2S. The molecule has 1 aromatic rings. The smallest absolute Gasteiger partial charge is 0.212 e. The molecule has 0 bridgehead atoms. The fraction of sp³-hybridized carbons (Fsp3) is 0.538. The van der Waals surface area contributed by atoms with Crippen LogP contribution in [-0.2, 0) is 15.8 Å². The molecular weight excluding hydrogens is 234 g/mol. The van der Waals surface area contributed by atoms with Gasteiger partial charge in [0.15, 0.2) is 0 Å². The molecule has 0 spiro atoms. The molecule has 1 unspecified atom stereocenters. The Kier molecular flexibility index (Phi) is 3.84. The molecule has 0 radical (unpaired) electrons. The van der Waals surface area contributed by atoms with E-state index in [2.05, 4.69) is 6.92 Å². The van der Waals surface area contributed by atoms with Crippen molar-refractivity contribution in [3.05, 3.63) is 35.9 Å². The van der Waals surface area contributed by atoms with Crippen molar-refractivity contribution in [3.63, 3.8) is 0 Å². The van der Waals surface area contributed by atoms with Crippen LogP contribution in [0.2, 0.25) is 0 Å². The topological polar surface area (TPSA) is 37.4 Å². The highest BCUT2D eigenvalue weighted by Gasteiger charge is 2.32. The molecule has 0 N–H and O–H groups in total. The van der Waals surface area contributed by atoms with E-state index in [1.165, 1.54) is 0 Å². The second-order valence-electron chi connectivity index (χ2n) is 4.56. The Balaban J connectivity index is 2.14. The Bertz CT molecular complexity index is 456. The van der Waals surface area contributed by atoms with E-state index in [9.17, 15) is 8.42 Å². The minimum Gasteiger partial charge on any atom is -0.212 e. The van der Waals surface area contributed by atoms with Crippen molar-refractivity contribution in [2.45, 2.75) is 38.0 Å². The molecule has 94 valence electrons. The second-order valence-corrected chi connectivity index (χ2v) is 6.48. The Morgan fingerprint density at radius 3 is 2.65 bits per heavy atom. The number of hydrogen-bond acceptors (Lipinski definition) is 2. The van der Waals surface area contributed by atoms with Crippen LogP contribution in [0.15, 0.2) is 30.3 Å². The highest BCUT2D eigenvalue weighted by atomic mass is 32.2. The van der Waals surface area contributed by atoms with Crippen molar-refractivity contribution >= 4 is 10.0 Å². The lowest BCUT2D eigenvalue weighted by molar-refractivity contribution is 0.379. The van der Waals surface area contributed by atoms with E-state index in [0.717, 1.165) is 24.8 Å². The number of hydrogen-bond donors (Lipinski definition) is 0. The zero-order valence-corrected chi connectivity index (χ0v) is 11.0. The fourth-order valence-corrected chi connectivity index (χ4v) is 4.35. The number of sulfonamides is 1. The Hall–Kier alpha value is -0.870. The van der Waals surface area contributed by atoms with Crippen LogP contribution in [0.3, 0.4) is 0 Å². The summed E-state index contributed by atoms with van der Waals surface area (Å²) in [6, 6.07) is 9.62. The summed E-state index contributed by atoms with van der Waals surface area (Å²) in [6.45, 7) is 2.74. The van der Waals surface area contributed by atoms with Gasteiger partial charge in [-0.05, 0) is 24.8 Å². The fourth-order valence-electron chi connectivity index (χ4n) is 2.45. The molecule has 1 aliphatic rings. The molecule has 0 saturated carbocycles. The highest BCUT2D eigenvalue weighted by molar-refractivity contribution is 7.88. The molecule has 4 heteroatoms. The highest BCUT2D eigenvalue weighted by Crippen LogP contribution is 2.25. The lowest BCUT2D eigenvalue weighted by atomic mass is 10.2. The van der Waals surface area contributed by atoms with Gasteiger partial charge in [0.2, 0.25) is 10.0 Å². The predicted molar refractivity (Wildman–Crippen MR) is 69.1 cm³/mol. The van der Waals surface area contributed by atoms with Crippen LogP contribution in [0.5, 0.6) is 0 Å². The molecule has 1 aromatic carbocycles. The summed E-state index contributed by atoms with van der Waals surface area (Å²) >= 11 is 0. The molecule has 1 fully saturated rings. The summed E-state index contributed by atoms with van der Waals surface area (Å²) in [7, 11) is -3.14. The lowest BCUT2D eigenvalue weighted by Crippen LogP contribution is -2.35. The summed E-state index contributed by atoms with van der Waals surface area (Å²) in [5.74, 6) is 0.129. The summed E-state index contributed by atoms with van der Waals surface area (Å²) in [5.41, 5.74) is 0.870. The van der Waals surface area contributed by atoms with Crippen LogP contribution in [0.25, 0.3) is 0 Å². The van der Waals surface area contributed by atoms with Crippen molar-refractivity contribution in [2.75, 3.05) is 6.54 Å². The van der Waals surface area contributed by atoms with Crippen LogP contribution in [0, 0.1) is 0 Å². The van der Waals surface area contributed by atoms with E-state index in [1.54, 1.807) is 4.31 Å². The first-order chi connectivity index (χ1) is 8.13. The average Bonchev–Trinajstić information content (AvgIpc) is 2.78. The quantitative estimate of drug-likeness (QED) is 0.826. The van der Waals surface area contributed by atoms with Crippen molar-refractivity contribution in [1.82, 2.24) is 4.31 Å². The Labute approximate surface area is 104 Å². The van der Waals surface area contributed by atoms with Crippen molar-refractivity contribution < 1.29 is 8.42 Å². The maximum absolute atomic E-state index is 12.3. The van der Waals surface area contributed by atoms with Gasteiger partial charge in [0.05, 0.1) is 5.75 Å². The van der Waals surface area contributed by atoms with Gasteiger partial charge in [0.1, 0.15) is 0 Å². The van der Waals surface area contributed by atoms with E-state index in [4.69, 9.17) is 0 Å². The third-order valence-electron chi connectivity index (χ3n) is 3.34. The molecule has 2 rings (SSSR count). The van der Waals surface area contributed by atoms with E-state index in [-0.39, 0.29) is 11.8 Å². The van der Waals surface area contributed by atoms with E-state index in [0.29, 0.717) is 6.54 Å². The van der Waals surface area contributed by atoms with Crippen LogP contribution >= 0.6 is 0 Å². The maximum Gasteiger partial charge on any atom is 0.218 e.